The van der Waals surface area contributed by atoms with Gasteiger partial charge in [0.15, 0.2) is 0 Å². The van der Waals surface area contributed by atoms with Crippen LogP contribution in [-0.4, -0.2) is 69.1 Å². The van der Waals surface area contributed by atoms with Crippen molar-refractivity contribution in [3.8, 4) is 11.5 Å². The van der Waals surface area contributed by atoms with Gasteiger partial charge in [-0.1, -0.05) is 12.1 Å². The molecule has 0 unspecified atom stereocenters. The van der Waals surface area contributed by atoms with Gasteiger partial charge in [-0.25, -0.2) is 13.4 Å². The summed E-state index contributed by atoms with van der Waals surface area (Å²) >= 11 is 1.48. The molecule has 2 heterocycles. The number of ether oxygens (including phenoxy) is 3. The molecular weight excluding hydrogens is 498 g/mol. The Morgan fingerprint density at radius 1 is 1.11 bits per heavy atom. The Morgan fingerprint density at radius 3 is 2.58 bits per heavy atom. The lowest BCUT2D eigenvalue weighted by Gasteiger charge is -2.29. The van der Waals surface area contributed by atoms with Crippen LogP contribution in [0.4, 0.5) is 0 Å². The topological polar surface area (TPSA) is 81.2 Å². The molecule has 0 N–H and O–H groups in total. The van der Waals surface area contributed by atoms with Crippen molar-refractivity contribution in [2.75, 3.05) is 46.5 Å². The maximum absolute atomic E-state index is 13.6. The molecule has 0 bridgehead atoms. The first-order chi connectivity index (χ1) is 17.4. The van der Waals surface area contributed by atoms with E-state index in [1.807, 2.05) is 24.4 Å². The van der Waals surface area contributed by atoms with Crippen molar-refractivity contribution in [2.24, 2.45) is 0 Å². The number of hydrogen-bond acceptors (Lipinski definition) is 8. The van der Waals surface area contributed by atoms with Crippen molar-refractivity contribution < 1.29 is 22.6 Å². The highest BCUT2D eigenvalue weighted by atomic mass is 32.2. The summed E-state index contributed by atoms with van der Waals surface area (Å²) in [7, 11) is -2.17. The highest BCUT2D eigenvalue weighted by molar-refractivity contribution is 7.89. The third-order valence-electron chi connectivity index (χ3n) is 6.31. The first kappa shape index (κ1) is 26.6. The van der Waals surface area contributed by atoms with Gasteiger partial charge >= 0.3 is 0 Å². The van der Waals surface area contributed by atoms with Crippen LogP contribution in [0.2, 0.25) is 0 Å². The largest absolute Gasteiger partial charge is 0.497 e. The minimum Gasteiger partial charge on any atom is -0.497 e. The molecule has 1 aliphatic heterocycles. The van der Waals surface area contributed by atoms with Crippen LogP contribution in [0.15, 0.2) is 52.7 Å². The molecule has 1 aliphatic rings. The Hall–Kier alpha value is -2.50. The lowest BCUT2D eigenvalue weighted by atomic mass is 10.1. The van der Waals surface area contributed by atoms with Crippen LogP contribution in [0, 0.1) is 13.8 Å². The summed E-state index contributed by atoms with van der Waals surface area (Å²) in [4.78, 5) is 7.14. The molecule has 2 aromatic carbocycles. The number of nitrogens with zero attached hydrogens (tertiary/aromatic N) is 3. The molecule has 0 atom stereocenters. The van der Waals surface area contributed by atoms with Crippen LogP contribution in [-0.2, 0) is 27.9 Å². The maximum Gasteiger partial charge on any atom is 0.243 e. The van der Waals surface area contributed by atoms with E-state index in [0.29, 0.717) is 44.4 Å². The Morgan fingerprint density at radius 2 is 1.86 bits per heavy atom. The first-order valence-corrected chi connectivity index (χ1v) is 14.3. The fourth-order valence-corrected chi connectivity index (χ4v) is 6.05. The number of benzene rings is 2. The molecule has 4 rings (SSSR count). The van der Waals surface area contributed by atoms with E-state index in [2.05, 4.69) is 22.9 Å². The van der Waals surface area contributed by atoms with Crippen molar-refractivity contribution in [1.29, 1.82) is 0 Å². The average molecular weight is 532 g/mol. The van der Waals surface area contributed by atoms with Gasteiger partial charge in [-0.3, -0.25) is 4.90 Å². The van der Waals surface area contributed by atoms with Gasteiger partial charge in [0.1, 0.15) is 23.1 Å². The molecule has 1 saturated heterocycles. The second-order valence-electron chi connectivity index (χ2n) is 8.69. The number of sulfonamides is 1. The Labute approximate surface area is 217 Å². The molecule has 0 radical (unpaired) electrons. The molecule has 0 saturated carbocycles. The summed E-state index contributed by atoms with van der Waals surface area (Å²) in [6.07, 6.45) is 0. The van der Waals surface area contributed by atoms with Crippen LogP contribution in [0.1, 0.15) is 21.8 Å². The summed E-state index contributed by atoms with van der Waals surface area (Å²) in [5, 5.41) is 2.72. The standard InChI is InChI=1S/C26H33N3O5S2/c1-20-5-4-6-25(21(20)2)34-18-26-27-22(19-35-26)17-29(12-11-28-13-15-33-16-14-28)36(30,31)24-9-7-23(32-3)8-10-24/h4-10,19H,11-18H2,1-3H3. The van der Waals surface area contributed by atoms with Crippen molar-refractivity contribution in [3.63, 3.8) is 0 Å². The number of morpholine rings is 1. The third kappa shape index (κ3) is 6.63. The van der Waals surface area contributed by atoms with E-state index in [1.54, 1.807) is 31.4 Å². The van der Waals surface area contributed by atoms with E-state index in [4.69, 9.17) is 14.2 Å². The zero-order valence-corrected chi connectivity index (χ0v) is 22.6. The lowest BCUT2D eigenvalue weighted by molar-refractivity contribution is 0.0361. The van der Waals surface area contributed by atoms with Gasteiger partial charge in [0.05, 0.1) is 37.5 Å². The molecule has 1 fully saturated rings. The van der Waals surface area contributed by atoms with Crippen molar-refractivity contribution in [1.82, 2.24) is 14.2 Å². The SMILES string of the molecule is COc1ccc(S(=O)(=O)N(CCN2CCOCC2)Cc2csc(COc3cccc(C)c3C)n2)cc1. The van der Waals surface area contributed by atoms with Crippen molar-refractivity contribution in [2.45, 2.75) is 31.9 Å². The summed E-state index contributed by atoms with van der Waals surface area (Å²) in [6.45, 7) is 8.55. The normalized spacial score (nSPS) is 14.8. The molecule has 3 aromatic rings. The van der Waals surface area contributed by atoms with Crippen molar-refractivity contribution >= 4 is 21.4 Å². The maximum atomic E-state index is 13.6. The van der Waals surface area contributed by atoms with Crippen LogP contribution in [0.3, 0.4) is 0 Å². The molecule has 0 aliphatic carbocycles. The quantitative estimate of drug-likeness (QED) is 0.372. The minimum atomic E-state index is -3.73. The molecule has 8 nitrogen and oxygen atoms in total. The summed E-state index contributed by atoms with van der Waals surface area (Å²) in [5.41, 5.74) is 2.99. The number of hydrogen-bond donors (Lipinski definition) is 0. The second-order valence-corrected chi connectivity index (χ2v) is 11.6. The van der Waals surface area contributed by atoms with E-state index in [0.717, 1.165) is 29.4 Å². The van der Waals surface area contributed by atoms with Crippen LogP contribution in [0.5, 0.6) is 11.5 Å². The zero-order chi connectivity index (χ0) is 25.5. The number of methoxy groups -OCH3 is 1. The Kier molecular flexibility index (Phi) is 8.97. The summed E-state index contributed by atoms with van der Waals surface area (Å²) in [5.74, 6) is 1.45. The van der Waals surface area contributed by atoms with Gasteiger partial charge in [-0.05, 0) is 55.3 Å². The fourth-order valence-electron chi connectivity index (χ4n) is 3.95. The Bertz CT molecular complexity index is 1240. The molecular formula is C26H33N3O5S2. The van der Waals surface area contributed by atoms with Crippen molar-refractivity contribution in [3.05, 3.63) is 69.7 Å². The fraction of sp³-hybridized carbons (Fsp3) is 0.423. The van der Waals surface area contributed by atoms with Crippen LogP contribution < -0.4 is 9.47 Å². The summed E-state index contributed by atoms with van der Waals surface area (Å²) in [6, 6.07) is 12.5. The zero-order valence-electron chi connectivity index (χ0n) is 21.0. The number of aryl methyl sites for hydroxylation is 1. The van der Waals surface area contributed by atoms with E-state index < -0.39 is 10.0 Å². The predicted molar refractivity (Wildman–Crippen MR) is 140 cm³/mol. The van der Waals surface area contributed by atoms with Gasteiger partial charge in [0.2, 0.25) is 10.0 Å². The van der Waals surface area contributed by atoms with Gasteiger partial charge in [0, 0.05) is 31.6 Å². The predicted octanol–water partition coefficient (Wildman–Crippen LogP) is 3.87. The van der Waals surface area contributed by atoms with E-state index in [-0.39, 0.29) is 11.4 Å². The van der Waals surface area contributed by atoms with Gasteiger partial charge in [0.25, 0.3) is 0 Å². The summed E-state index contributed by atoms with van der Waals surface area (Å²) < 4.78 is 45.3. The minimum absolute atomic E-state index is 0.193. The molecule has 1 aromatic heterocycles. The number of thiazole rings is 1. The van der Waals surface area contributed by atoms with Gasteiger partial charge < -0.3 is 14.2 Å². The highest BCUT2D eigenvalue weighted by Gasteiger charge is 2.26. The first-order valence-electron chi connectivity index (χ1n) is 11.9. The average Bonchev–Trinajstić information content (AvgIpc) is 3.35. The van der Waals surface area contributed by atoms with Crippen LogP contribution >= 0.6 is 11.3 Å². The van der Waals surface area contributed by atoms with Crippen LogP contribution in [0.25, 0.3) is 0 Å². The molecule has 10 heteroatoms. The molecule has 194 valence electrons. The Balaban J connectivity index is 1.48. The number of aromatic nitrogens is 1. The van der Waals surface area contributed by atoms with Gasteiger partial charge in [-0.2, -0.15) is 4.31 Å². The molecule has 0 amide bonds. The molecule has 0 spiro atoms. The third-order valence-corrected chi connectivity index (χ3v) is 9.04. The number of rotatable bonds is 11. The van der Waals surface area contributed by atoms with E-state index in [9.17, 15) is 8.42 Å². The second kappa shape index (κ2) is 12.2. The van der Waals surface area contributed by atoms with Gasteiger partial charge in [-0.15, -0.1) is 11.3 Å². The smallest absolute Gasteiger partial charge is 0.243 e. The van der Waals surface area contributed by atoms with E-state index in [1.165, 1.54) is 21.2 Å². The monoisotopic (exact) mass is 531 g/mol. The lowest BCUT2D eigenvalue weighted by Crippen LogP contribution is -2.42. The van der Waals surface area contributed by atoms with E-state index >= 15 is 0 Å². The highest BCUT2D eigenvalue weighted by Crippen LogP contribution is 2.24. The molecule has 36 heavy (non-hydrogen) atoms.